The lowest BCUT2D eigenvalue weighted by atomic mass is 10.2. The van der Waals surface area contributed by atoms with Gasteiger partial charge in [-0.3, -0.25) is 14.9 Å². The van der Waals surface area contributed by atoms with E-state index in [0.29, 0.717) is 24.5 Å². The van der Waals surface area contributed by atoms with E-state index in [4.69, 9.17) is 4.74 Å². The Balaban J connectivity index is 2.94. The lowest BCUT2D eigenvalue weighted by Crippen LogP contribution is -2.32. The first-order valence-electron chi connectivity index (χ1n) is 6.51. The summed E-state index contributed by atoms with van der Waals surface area (Å²) in [4.78, 5) is 27.7. The van der Waals surface area contributed by atoms with Gasteiger partial charge in [0.05, 0.1) is 11.5 Å². The summed E-state index contributed by atoms with van der Waals surface area (Å²) in [7, 11) is 0. The molecule has 0 spiro atoms. The number of carbonyl (C=O) groups excluding carboxylic acids is 1. The van der Waals surface area contributed by atoms with Gasteiger partial charge in [0.25, 0.3) is 5.69 Å². The van der Waals surface area contributed by atoms with E-state index in [2.05, 4.69) is 4.98 Å². The average Bonchev–Trinajstić information content (AvgIpc) is 2.38. The van der Waals surface area contributed by atoms with Crippen molar-refractivity contribution in [3.05, 3.63) is 27.9 Å². The van der Waals surface area contributed by atoms with Gasteiger partial charge in [-0.15, -0.1) is 0 Å². The van der Waals surface area contributed by atoms with E-state index in [0.717, 1.165) is 6.42 Å². The van der Waals surface area contributed by atoms with Crippen LogP contribution >= 0.6 is 0 Å². The molecule has 1 heterocycles. The predicted molar refractivity (Wildman–Crippen MR) is 74.8 cm³/mol. The lowest BCUT2D eigenvalue weighted by molar-refractivity contribution is -0.385. The van der Waals surface area contributed by atoms with Crippen LogP contribution in [0.5, 0.6) is 0 Å². The van der Waals surface area contributed by atoms with E-state index in [1.165, 1.54) is 6.20 Å². The Morgan fingerprint density at radius 3 is 2.70 bits per heavy atom. The second-order valence-electron chi connectivity index (χ2n) is 4.31. The van der Waals surface area contributed by atoms with Crippen LogP contribution in [0.2, 0.25) is 0 Å². The van der Waals surface area contributed by atoms with Gasteiger partial charge in [0.15, 0.2) is 0 Å². The molecule has 0 N–H and O–H groups in total. The zero-order valence-electron chi connectivity index (χ0n) is 12.0. The highest BCUT2D eigenvalue weighted by Crippen LogP contribution is 2.21. The smallest absolute Gasteiger partial charge is 0.325 e. The molecule has 0 saturated carbocycles. The van der Waals surface area contributed by atoms with Crippen LogP contribution in [-0.4, -0.2) is 35.6 Å². The molecule has 1 aromatic rings. The number of carbonyl (C=O) groups is 1. The lowest BCUT2D eigenvalue weighted by Gasteiger charge is -2.22. The Kier molecular flexibility index (Phi) is 5.89. The molecule has 0 unspecified atom stereocenters. The number of ether oxygens (including phenoxy) is 1. The van der Waals surface area contributed by atoms with Crippen molar-refractivity contribution in [1.29, 1.82) is 0 Å². The molecule has 0 aromatic carbocycles. The molecule has 0 atom stereocenters. The molecule has 0 fully saturated rings. The third kappa shape index (κ3) is 4.18. The van der Waals surface area contributed by atoms with Crippen molar-refractivity contribution in [2.75, 3.05) is 24.6 Å². The Morgan fingerprint density at radius 2 is 2.20 bits per heavy atom. The highest BCUT2D eigenvalue weighted by atomic mass is 16.6. The highest BCUT2D eigenvalue weighted by Gasteiger charge is 2.17. The summed E-state index contributed by atoms with van der Waals surface area (Å²) < 4.78 is 4.92. The van der Waals surface area contributed by atoms with E-state index < -0.39 is 4.92 Å². The number of rotatable bonds is 7. The molecule has 0 saturated heterocycles. The maximum atomic E-state index is 11.6. The van der Waals surface area contributed by atoms with Gasteiger partial charge in [0.1, 0.15) is 18.6 Å². The third-order valence-electron chi connectivity index (χ3n) is 2.71. The predicted octanol–water partition coefficient (Wildman–Crippen LogP) is 2.08. The molecule has 0 radical (unpaired) electrons. The van der Waals surface area contributed by atoms with Crippen molar-refractivity contribution in [3.8, 4) is 0 Å². The highest BCUT2D eigenvalue weighted by molar-refractivity contribution is 5.75. The first-order chi connectivity index (χ1) is 9.49. The van der Waals surface area contributed by atoms with E-state index in [1.807, 2.05) is 6.92 Å². The van der Waals surface area contributed by atoms with E-state index >= 15 is 0 Å². The minimum Gasteiger partial charge on any atom is -0.465 e. The SMILES string of the molecule is CCCN(CC(=O)OCC)c1cc(C)c([N+](=O)[O-])cn1. The van der Waals surface area contributed by atoms with Crippen molar-refractivity contribution in [2.24, 2.45) is 0 Å². The van der Waals surface area contributed by atoms with Crippen molar-refractivity contribution in [2.45, 2.75) is 27.2 Å². The van der Waals surface area contributed by atoms with Crippen LogP contribution < -0.4 is 4.90 Å². The standard InChI is InChI=1S/C13H19N3O4/c1-4-6-15(9-13(17)20-5-2)12-7-10(3)11(8-14-12)16(18)19/h7-8H,4-6,9H2,1-3H3. The van der Waals surface area contributed by atoms with E-state index in [1.54, 1.807) is 24.8 Å². The summed E-state index contributed by atoms with van der Waals surface area (Å²) in [6.45, 7) is 6.42. The van der Waals surface area contributed by atoms with Gasteiger partial charge in [-0.2, -0.15) is 0 Å². The number of pyridine rings is 1. The Bertz CT molecular complexity index is 491. The van der Waals surface area contributed by atoms with Crippen molar-refractivity contribution >= 4 is 17.5 Å². The fraction of sp³-hybridized carbons (Fsp3) is 0.538. The summed E-state index contributed by atoms with van der Waals surface area (Å²) >= 11 is 0. The van der Waals surface area contributed by atoms with E-state index in [-0.39, 0.29) is 18.2 Å². The Labute approximate surface area is 117 Å². The van der Waals surface area contributed by atoms with Crippen molar-refractivity contribution < 1.29 is 14.5 Å². The van der Waals surface area contributed by atoms with Crippen LogP contribution in [0.3, 0.4) is 0 Å². The number of hydrogen-bond donors (Lipinski definition) is 0. The molecule has 0 aliphatic carbocycles. The summed E-state index contributed by atoms with van der Waals surface area (Å²) in [6, 6.07) is 1.62. The van der Waals surface area contributed by atoms with Crippen LogP contribution in [0, 0.1) is 17.0 Å². The van der Waals surface area contributed by atoms with Crippen molar-refractivity contribution in [3.63, 3.8) is 0 Å². The molecule has 7 heteroatoms. The number of aryl methyl sites for hydroxylation is 1. The molecule has 110 valence electrons. The zero-order valence-corrected chi connectivity index (χ0v) is 12.0. The molecular formula is C13H19N3O4. The third-order valence-corrected chi connectivity index (χ3v) is 2.71. The molecule has 0 aliphatic heterocycles. The quantitative estimate of drug-likeness (QED) is 0.432. The van der Waals surface area contributed by atoms with Crippen LogP contribution in [-0.2, 0) is 9.53 Å². The Morgan fingerprint density at radius 1 is 1.50 bits per heavy atom. The van der Waals surface area contributed by atoms with Gasteiger partial charge >= 0.3 is 5.97 Å². The fourth-order valence-electron chi connectivity index (χ4n) is 1.81. The minimum atomic E-state index is -0.471. The first kappa shape index (κ1) is 15.9. The summed E-state index contributed by atoms with van der Waals surface area (Å²) in [5.74, 6) is 0.210. The number of anilines is 1. The Hall–Kier alpha value is -2.18. The van der Waals surface area contributed by atoms with Gasteiger partial charge in [-0.1, -0.05) is 6.92 Å². The monoisotopic (exact) mass is 281 g/mol. The number of esters is 1. The number of nitro groups is 1. The zero-order chi connectivity index (χ0) is 15.1. The maximum absolute atomic E-state index is 11.6. The van der Waals surface area contributed by atoms with Gasteiger partial charge in [0.2, 0.25) is 0 Å². The largest absolute Gasteiger partial charge is 0.465 e. The van der Waals surface area contributed by atoms with Crippen LogP contribution in [0.4, 0.5) is 11.5 Å². The van der Waals surface area contributed by atoms with Crippen LogP contribution in [0.15, 0.2) is 12.3 Å². The molecule has 1 rings (SSSR count). The number of aromatic nitrogens is 1. The van der Waals surface area contributed by atoms with E-state index in [9.17, 15) is 14.9 Å². The molecule has 0 amide bonds. The topological polar surface area (TPSA) is 85.6 Å². The molecule has 7 nitrogen and oxygen atoms in total. The molecular weight excluding hydrogens is 262 g/mol. The van der Waals surface area contributed by atoms with Crippen molar-refractivity contribution in [1.82, 2.24) is 4.98 Å². The van der Waals surface area contributed by atoms with Crippen LogP contribution in [0.25, 0.3) is 0 Å². The maximum Gasteiger partial charge on any atom is 0.325 e. The first-order valence-corrected chi connectivity index (χ1v) is 6.51. The minimum absolute atomic E-state index is 0.0265. The second kappa shape index (κ2) is 7.42. The average molecular weight is 281 g/mol. The van der Waals surface area contributed by atoms with Gasteiger partial charge < -0.3 is 9.64 Å². The van der Waals surface area contributed by atoms with Crippen LogP contribution in [0.1, 0.15) is 25.8 Å². The molecule has 20 heavy (non-hydrogen) atoms. The molecule has 0 aliphatic rings. The summed E-state index contributed by atoms with van der Waals surface area (Å²) in [5.41, 5.74) is 0.492. The van der Waals surface area contributed by atoms with Gasteiger partial charge in [0, 0.05) is 12.1 Å². The summed E-state index contributed by atoms with van der Waals surface area (Å²) in [6.07, 6.45) is 2.05. The molecule has 0 bridgehead atoms. The van der Waals surface area contributed by atoms with Gasteiger partial charge in [-0.25, -0.2) is 4.98 Å². The fourth-order valence-corrected chi connectivity index (χ4v) is 1.81. The molecule has 1 aromatic heterocycles. The summed E-state index contributed by atoms with van der Waals surface area (Å²) in [5, 5.41) is 10.8. The number of nitrogens with zero attached hydrogens (tertiary/aromatic N) is 3. The van der Waals surface area contributed by atoms with Gasteiger partial charge in [-0.05, 0) is 26.3 Å². The number of hydrogen-bond acceptors (Lipinski definition) is 6. The normalized spacial score (nSPS) is 10.2. The second-order valence-corrected chi connectivity index (χ2v) is 4.31.